The molecule has 0 saturated heterocycles. The fourth-order valence-corrected chi connectivity index (χ4v) is 3.81. The number of guanidine groups is 1. The van der Waals surface area contributed by atoms with Crippen molar-refractivity contribution >= 4 is 17.0 Å². The third-order valence-electron chi connectivity index (χ3n) is 5.36. The second kappa shape index (κ2) is 9.47. The van der Waals surface area contributed by atoms with Crippen LogP contribution in [-0.4, -0.2) is 51.0 Å². The minimum atomic E-state index is 0.651. The number of rotatable bonds is 7. The zero-order chi connectivity index (χ0) is 21.6. The molecule has 2 heterocycles. The highest BCUT2D eigenvalue weighted by Gasteiger charge is 2.10. The van der Waals surface area contributed by atoms with E-state index in [4.69, 9.17) is 0 Å². The molecule has 0 fully saturated rings. The van der Waals surface area contributed by atoms with Gasteiger partial charge in [0.1, 0.15) is 11.6 Å². The lowest BCUT2D eigenvalue weighted by molar-refractivity contribution is 0.461. The molecule has 0 spiro atoms. The molecule has 0 radical (unpaired) electrons. The van der Waals surface area contributed by atoms with Crippen molar-refractivity contribution in [1.29, 1.82) is 0 Å². The summed E-state index contributed by atoms with van der Waals surface area (Å²) in [7, 11) is 3.83. The summed E-state index contributed by atoms with van der Waals surface area (Å²) >= 11 is 0. The van der Waals surface area contributed by atoms with E-state index in [1.165, 1.54) is 5.52 Å². The van der Waals surface area contributed by atoms with Gasteiger partial charge in [0.15, 0.2) is 5.96 Å². The number of aryl methyl sites for hydroxylation is 2. The summed E-state index contributed by atoms with van der Waals surface area (Å²) in [5.41, 5.74) is 4.40. The smallest absolute Gasteiger partial charge is 0.193 e. The summed E-state index contributed by atoms with van der Waals surface area (Å²) in [6, 6.07) is 18.5. The first-order chi connectivity index (χ1) is 15.2. The van der Waals surface area contributed by atoms with Gasteiger partial charge in [-0.25, -0.2) is 9.97 Å². The number of aliphatic imine (C=N–C) groups is 1. The Kier molecular flexibility index (Phi) is 6.31. The predicted octanol–water partition coefficient (Wildman–Crippen LogP) is 3.83. The summed E-state index contributed by atoms with van der Waals surface area (Å²) in [5.74, 6) is 2.81. The number of aromatic nitrogens is 4. The molecular formula is C24H29N7. The first kappa shape index (κ1) is 20.7. The standard InChI is InChI=1S/C24H29N7/c1-18-28-20-12-7-8-13-22(20)31(18)15-9-14-26-24(25-2)30(3)17-23-27-16-21(29-23)19-10-5-4-6-11-19/h4-8,10-13,16H,9,14-15,17H2,1-3H3,(H,25,26)(H,27,29). The molecule has 0 atom stereocenters. The highest BCUT2D eigenvalue weighted by atomic mass is 15.3. The number of fused-ring (bicyclic) bond motifs is 1. The third kappa shape index (κ3) is 4.77. The molecular weight excluding hydrogens is 386 g/mol. The molecule has 0 aliphatic rings. The normalized spacial score (nSPS) is 11.8. The van der Waals surface area contributed by atoms with Gasteiger partial charge in [0.05, 0.1) is 29.5 Å². The molecule has 2 N–H and O–H groups in total. The number of benzene rings is 2. The average Bonchev–Trinajstić information content (AvgIpc) is 3.38. The molecule has 7 nitrogen and oxygen atoms in total. The van der Waals surface area contributed by atoms with Crippen LogP contribution in [0.2, 0.25) is 0 Å². The highest BCUT2D eigenvalue weighted by Crippen LogP contribution is 2.17. The van der Waals surface area contributed by atoms with Crippen molar-refractivity contribution in [2.45, 2.75) is 26.4 Å². The molecule has 0 unspecified atom stereocenters. The maximum absolute atomic E-state index is 4.64. The van der Waals surface area contributed by atoms with E-state index < -0.39 is 0 Å². The zero-order valence-electron chi connectivity index (χ0n) is 18.3. The number of hydrogen-bond acceptors (Lipinski definition) is 3. The number of para-hydroxylation sites is 2. The molecule has 2 aromatic carbocycles. The van der Waals surface area contributed by atoms with Gasteiger partial charge in [0, 0.05) is 27.2 Å². The Balaban J connectivity index is 1.30. The van der Waals surface area contributed by atoms with Gasteiger partial charge < -0.3 is 19.8 Å². The van der Waals surface area contributed by atoms with Crippen LogP contribution in [0, 0.1) is 6.92 Å². The molecule has 0 aliphatic heterocycles. The van der Waals surface area contributed by atoms with E-state index in [2.05, 4.69) is 72.0 Å². The minimum Gasteiger partial charge on any atom is -0.356 e. The maximum atomic E-state index is 4.64. The van der Waals surface area contributed by atoms with Crippen molar-refractivity contribution in [3.05, 3.63) is 72.4 Å². The van der Waals surface area contributed by atoms with E-state index in [1.807, 2.05) is 44.6 Å². The van der Waals surface area contributed by atoms with Crippen LogP contribution < -0.4 is 5.32 Å². The van der Waals surface area contributed by atoms with Gasteiger partial charge in [-0.2, -0.15) is 0 Å². The van der Waals surface area contributed by atoms with Crippen LogP contribution in [0.4, 0.5) is 0 Å². The van der Waals surface area contributed by atoms with Crippen molar-refractivity contribution in [1.82, 2.24) is 29.7 Å². The third-order valence-corrected chi connectivity index (χ3v) is 5.36. The Morgan fingerprint density at radius 2 is 1.90 bits per heavy atom. The Hall–Kier alpha value is -3.61. The van der Waals surface area contributed by atoms with Crippen LogP contribution in [0.15, 0.2) is 65.8 Å². The lowest BCUT2D eigenvalue weighted by Gasteiger charge is -2.21. The second-order valence-corrected chi connectivity index (χ2v) is 7.59. The van der Waals surface area contributed by atoms with Gasteiger partial charge in [-0.05, 0) is 31.0 Å². The van der Waals surface area contributed by atoms with Crippen LogP contribution in [0.1, 0.15) is 18.1 Å². The van der Waals surface area contributed by atoms with Crippen molar-refractivity contribution in [3.8, 4) is 11.3 Å². The number of hydrogen-bond donors (Lipinski definition) is 2. The topological polar surface area (TPSA) is 74.1 Å². The Morgan fingerprint density at radius 3 is 2.71 bits per heavy atom. The van der Waals surface area contributed by atoms with Crippen molar-refractivity contribution < 1.29 is 0 Å². The average molecular weight is 416 g/mol. The summed E-state index contributed by atoms with van der Waals surface area (Å²) in [6.07, 6.45) is 2.86. The molecule has 4 aromatic rings. The first-order valence-electron chi connectivity index (χ1n) is 10.6. The molecule has 2 aromatic heterocycles. The van der Waals surface area contributed by atoms with Gasteiger partial charge in [-0.3, -0.25) is 4.99 Å². The van der Waals surface area contributed by atoms with E-state index in [0.717, 1.165) is 53.9 Å². The number of nitrogens with one attached hydrogen (secondary N) is 2. The monoisotopic (exact) mass is 415 g/mol. The quantitative estimate of drug-likeness (QED) is 0.273. The Morgan fingerprint density at radius 1 is 1.13 bits per heavy atom. The summed E-state index contributed by atoms with van der Waals surface area (Å²) in [4.78, 5) is 19.1. The van der Waals surface area contributed by atoms with Crippen molar-refractivity contribution in [2.24, 2.45) is 4.99 Å². The Bertz CT molecular complexity index is 1160. The van der Waals surface area contributed by atoms with Crippen LogP contribution in [-0.2, 0) is 13.1 Å². The fourth-order valence-electron chi connectivity index (χ4n) is 3.81. The van der Waals surface area contributed by atoms with Gasteiger partial charge in [0.25, 0.3) is 0 Å². The second-order valence-electron chi connectivity index (χ2n) is 7.59. The molecule has 160 valence electrons. The molecule has 0 amide bonds. The molecule has 31 heavy (non-hydrogen) atoms. The predicted molar refractivity (Wildman–Crippen MR) is 126 cm³/mol. The molecule has 0 bridgehead atoms. The largest absolute Gasteiger partial charge is 0.356 e. The van der Waals surface area contributed by atoms with Crippen LogP contribution in [0.5, 0.6) is 0 Å². The maximum Gasteiger partial charge on any atom is 0.193 e. The van der Waals surface area contributed by atoms with Crippen LogP contribution >= 0.6 is 0 Å². The summed E-state index contributed by atoms with van der Waals surface area (Å²) < 4.78 is 2.28. The molecule has 0 aliphatic carbocycles. The van der Waals surface area contributed by atoms with Crippen molar-refractivity contribution in [2.75, 3.05) is 20.6 Å². The van der Waals surface area contributed by atoms with E-state index in [0.29, 0.717) is 6.54 Å². The molecule has 0 saturated carbocycles. The number of H-pyrrole nitrogens is 1. The zero-order valence-corrected chi connectivity index (χ0v) is 18.3. The molecule has 4 rings (SSSR count). The van der Waals surface area contributed by atoms with Crippen LogP contribution in [0.25, 0.3) is 22.3 Å². The fraction of sp³-hybridized carbons (Fsp3) is 0.292. The van der Waals surface area contributed by atoms with E-state index in [1.54, 1.807) is 0 Å². The SMILES string of the molecule is CN=C(NCCCn1c(C)nc2ccccc21)N(C)Cc1ncc(-c2ccccc2)[nH]1. The van der Waals surface area contributed by atoms with Crippen molar-refractivity contribution in [3.63, 3.8) is 0 Å². The Labute approximate surface area is 182 Å². The minimum absolute atomic E-state index is 0.651. The summed E-state index contributed by atoms with van der Waals surface area (Å²) in [6.45, 7) is 4.46. The van der Waals surface area contributed by atoms with Gasteiger partial charge in [-0.15, -0.1) is 0 Å². The first-order valence-corrected chi connectivity index (χ1v) is 10.6. The number of imidazole rings is 2. The van der Waals surface area contributed by atoms with Gasteiger partial charge in [0.2, 0.25) is 0 Å². The lowest BCUT2D eigenvalue weighted by atomic mass is 10.2. The van der Waals surface area contributed by atoms with Gasteiger partial charge >= 0.3 is 0 Å². The lowest BCUT2D eigenvalue weighted by Crippen LogP contribution is -2.39. The number of aromatic amines is 1. The number of nitrogens with zero attached hydrogens (tertiary/aromatic N) is 5. The van der Waals surface area contributed by atoms with Gasteiger partial charge in [-0.1, -0.05) is 42.5 Å². The van der Waals surface area contributed by atoms with E-state index in [9.17, 15) is 0 Å². The van der Waals surface area contributed by atoms with E-state index in [-0.39, 0.29) is 0 Å². The highest BCUT2D eigenvalue weighted by molar-refractivity contribution is 5.79. The van der Waals surface area contributed by atoms with E-state index >= 15 is 0 Å². The summed E-state index contributed by atoms with van der Waals surface area (Å²) in [5, 5.41) is 3.46. The molecule has 7 heteroatoms. The van der Waals surface area contributed by atoms with Crippen LogP contribution in [0.3, 0.4) is 0 Å².